The molecule has 0 saturated carbocycles. The molecule has 0 amide bonds. The van der Waals surface area contributed by atoms with Gasteiger partial charge >= 0.3 is 7.69 Å². The third kappa shape index (κ3) is 9.47. The second-order valence-electron chi connectivity index (χ2n) is 0.115. The fraction of sp³-hybridized carbons (Fsp3) is 0. The van der Waals surface area contributed by atoms with Gasteiger partial charge in [0.25, 0.3) is 0 Å². The summed E-state index contributed by atoms with van der Waals surface area (Å²) in [5.74, 6) is 0. The van der Waals surface area contributed by atoms with Gasteiger partial charge in [0.2, 0.25) is 0 Å². The molecule has 0 aliphatic carbocycles. The summed E-state index contributed by atoms with van der Waals surface area (Å²) in [5.41, 5.74) is 0. The zero-order valence-electron chi connectivity index (χ0n) is 2.47. The smallest absolute Gasteiger partial charge is 0.429 e. The van der Waals surface area contributed by atoms with Gasteiger partial charge in [0.15, 0.2) is 0 Å². The van der Waals surface area contributed by atoms with E-state index in [2.05, 4.69) is 0 Å². The summed E-state index contributed by atoms with van der Waals surface area (Å²) in [6.07, 6.45) is 0. The molecular formula is H2BKO2. The van der Waals surface area contributed by atoms with E-state index in [1.165, 1.54) is 0 Å². The first-order chi connectivity index (χ1) is 1.41. The van der Waals surface area contributed by atoms with Crippen LogP contribution in [0.2, 0.25) is 0 Å². The molecule has 18 valence electrons. The van der Waals surface area contributed by atoms with Gasteiger partial charge in [-0.2, -0.15) is 0 Å². The largest absolute Gasteiger partial charge is 0.482 e. The van der Waals surface area contributed by atoms with Crippen molar-refractivity contribution >= 4 is 59.1 Å². The van der Waals surface area contributed by atoms with Crippen LogP contribution < -0.4 is 0 Å². The quantitative estimate of drug-likeness (QED) is 0.337. The van der Waals surface area contributed by atoms with E-state index in [-0.39, 0.29) is 59.1 Å². The molecule has 0 fully saturated rings. The Morgan fingerprint density at radius 3 is 1.25 bits per heavy atom. The first-order valence-corrected chi connectivity index (χ1v) is 0.516. The molecule has 0 atom stereocenters. The number of hydrogen-bond donors (Lipinski definition) is 2. The van der Waals surface area contributed by atoms with Crippen molar-refractivity contribution in [3.8, 4) is 0 Å². The van der Waals surface area contributed by atoms with Gasteiger partial charge in [-0.1, -0.05) is 0 Å². The van der Waals surface area contributed by atoms with Gasteiger partial charge in [0, 0.05) is 51.4 Å². The molecule has 2 nitrogen and oxygen atoms in total. The van der Waals surface area contributed by atoms with Gasteiger partial charge in [-0.05, 0) is 0 Å². The van der Waals surface area contributed by atoms with E-state index >= 15 is 0 Å². The van der Waals surface area contributed by atoms with E-state index in [0.717, 1.165) is 0 Å². The van der Waals surface area contributed by atoms with Crippen molar-refractivity contribution in [2.45, 2.75) is 0 Å². The molecule has 0 aromatic carbocycles. The van der Waals surface area contributed by atoms with Gasteiger partial charge in [-0.25, -0.2) is 0 Å². The normalized spacial score (nSPS) is 3.50. The van der Waals surface area contributed by atoms with Crippen molar-refractivity contribution in [2.24, 2.45) is 0 Å². The summed E-state index contributed by atoms with van der Waals surface area (Å²) in [4.78, 5) is 0. The van der Waals surface area contributed by atoms with Crippen LogP contribution in [-0.4, -0.2) is 69.1 Å². The van der Waals surface area contributed by atoms with Crippen LogP contribution in [0.15, 0.2) is 0 Å². The monoisotopic (exact) mass is 84.0 g/mol. The predicted octanol–water partition coefficient (Wildman–Crippen LogP) is -1.88. The standard InChI is InChI=1S/BH2O2.K/c2-1-3;/h2-3H;. The van der Waals surface area contributed by atoms with Crippen molar-refractivity contribution in [2.75, 3.05) is 0 Å². The third-order valence-electron chi connectivity index (χ3n) is 0. The minimum absolute atomic E-state index is 0. The van der Waals surface area contributed by atoms with E-state index in [1.807, 2.05) is 0 Å². The first kappa shape index (κ1) is 9.15. The Kier molecular flexibility index (Phi) is 20.2. The van der Waals surface area contributed by atoms with Crippen molar-refractivity contribution in [1.29, 1.82) is 0 Å². The van der Waals surface area contributed by atoms with E-state index < -0.39 is 0 Å². The van der Waals surface area contributed by atoms with Crippen molar-refractivity contribution in [3.05, 3.63) is 0 Å². The van der Waals surface area contributed by atoms with Gasteiger partial charge in [-0.15, -0.1) is 0 Å². The third-order valence-corrected chi connectivity index (χ3v) is 0. The summed E-state index contributed by atoms with van der Waals surface area (Å²) in [6.45, 7) is 0. The molecule has 0 bridgehead atoms. The molecule has 0 aromatic heterocycles. The second-order valence-corrected chi connectivity index (χ2v) is 0.115. The maximum absolute atomic E-state index is 7.00. The maximum Gasteiger partial charge on any atom is 0.482 e. The van der Waals surface area contributed by atoms with Crippen molar-refractivity contribution < 1.29 is 10.0 Å². The molecule has 0 rings (SSSR count). The zero-order valence-corrected chi connectivity index (χ0v) is 5.59. The molecule has 2 N–H and O–H groups in total. The predicted molar refractivity (Wildman–Crippen MR) is 15.9 cm³/mol. The van der Waals surface area contributed by atoms with Crippen LogP contribution in [0.5, 0.6) is 0 Å². The Labute approximate surface area is 67.9 Å². The average molecular weight is 83.9 g/mol. The first-order valence-electron chi connectivity index (χ1n) is 0.516. The Balaban J connectivity index is 0. The zero-order chi connectivity index (χ0) is 2.71. The fourth-order valence-corrected chi connectivity index (χ4v) is 0. The Morgan fingerprint density at radius 1 is 1.25 bits per heavy atom. The summed E-state index contributed by atoms with van der Waals surface area (Å²) in [5, 5.41) is 14.0. The van der Waals surface area contributed by atoms with Crippen LogP contribution in [0.25, 0.3) is 0 Å². The molecule has 0 aromatic rings. The van der Waals surface area contributed by atoms with Crippen molar-refractivity contribution in [1.82, 2.24) is 0 Å². The van der Waals surface area contributed by atoms with Gasteiger partial charge in [0.1, 0.15) is 0 Å². The van der Waals surface area contributed by atoms with Crippen LogP contribution in [0.1, 0.15) is 0 Å². The summed E-state index contributed by atoms with van der Waals surface area (Å²) in [6, 6.07) is 0. The van der Waals surface area contributed by atoms with Crippen LogP contribution in [0, 0.1) is 0 Å². The van der Waals surface area contributed by atoms with Crippen LogP contribution in [-0.2, 0) is 0 Å². The Morgan fingerprint density at radius 2 is 1.25 bits per heavy atom. The van der Waals surface area contributed by atoms with E-state index in [9.17, 15) is 0 Å². The molecule has 0 spiro atoms. The molecule has 0 aliphatic heterocycles. The summed E-state index contributed by atoms with van der Waals surface area (Å²) in [7, 11) is 0. The molecule has 2 radical (unpaired) electrons. The second kappa shape index (κ2) is 8.82. The molecule has 0 aliphatic rings. The summed E-state index contributed by atoms with van der Waals surface area (Å²) >= 11 is 0. The molecule has 0 unspecified atom stereocenters. The van der Waals surface area contributed by atoms with Crippen LogP contribution in [0.3, 0.4) is 0 Å². The van der Waals surface area contributed by atoms with Gasteiger partial charge in [-0.3, -0.25) is 0 Å². The number of rotatable bonds is 0. The Bertz CT molecular complexity index is 6.00. The van der Waals surface area contributed by atoms with E-state index in [4.69, 9.17) is 10.0 Å². The van der Waals surface area contributed by atoms with Gasteiger partial charge < -0.3 is 10.0 Å². The van der Waals surface area contributed by atoms with E-state index in [0.29, 0.717) is 0 Å². The average Bonchev–Trinajstić information content (AvgIpc) is 0.918. The molecule has 0 heterocycles. The molecular weight excluding hydrogens is 81.9 g/mol. The van der Waals surface area contributed by atoms with Gasteiger partial charge in [0.05, 0.1) is 0 Å². The number of hydrogen-bond acceptors (Lipinski definition) is 2. The topological polar surface area (TPSA) is 40.5 Å². The van der Waals surface area contributed by atoms with Crippen molar-refractivity contribution in [3.63, 3.8) is 0 Å². The van der Waals surface area contributed by atoms with Crippen LogP contribution in [0.4, 0.5) is 0 Å². The summed E-state index contributed by atoms with van der Waals surface area (Å²) < 4.78 is 0. The van der Waals surface area contributed by atoms with E-state index in [1.54, 1.807) is 0 Å². The SMILES string of the molecule is O[B]O.[K]. The molecule has 4 heteroatoms. The molecule has 0 saturated heterocycles. The van der Waals surface area contributed by atoms with Crippen LogP contribution >= 0.6 is 0 Å². The Hall–Kier alpha value is 1.62. The minimum atomic E-state index is 0. The molecule has 4 heavy (non-hydrogen) atoms. The fourth-order valence-electron chi connectivity index (χ4n) is 0. The minimum Gasteiger partial charge on any atom is -0.429 e. The maximum atomic E-state index is 7.00.